The number of likely N-dealkylation sites (N-methyl/N-ethyl adjacent to an activating group) is 1. The Morgan fingerprint density at radius 3 is 2.53 bits per heavy atom. The van der Waals surface area contributed by atoms with Crippen molar-refractivity contribution in [3.05, 3.63) is 0 Å². The van der Waals surface area contributed by atoms with Gasteiger partial charge in [0.2, 0.25) is 0 Å². The van der Waals surface area contributed by atoms with E-state index in [2.05, 4.69) is 11.9 Å². The number of carbonyl (C=O) groups excluding carboxylic acids is 1. The van der Waals surface area contributed by atoms with E-state index in [1.54, 1.807) is 0 Å². The second-order valence-electron chi connectivity index (χ2n) is 6.31. The molecule has 5 nitrogen and oxygen atoms in total. The van der Waals surface area contributed by atoms with Gasteiger partial charge in [0.15, 0.2) is 0 Å². The highest BCUT2D eigenvalue weighted by molar-refractivity contribution is 5.76. The summed E-state index contributed by atoms with van der Waals surface area (Å²) in [6.07, 6.45) is 3.31. The van der Waals surface area contributed by atoms with Crippen LogP contribution in [0, 0.1) is 5.92 Å². The summed E-state index contributed by atoms with van der Waals surface area (Å²) in [6.45, 7) is 5.99. The van der Waals surface area contributed by atoms with E-state index < -0.39 is 0 Å². The second-order valence-corrected chi connectivity index (χ2v) is 6.31. The van der Waals surface area contributed by atoms with Crippen molar-refractivity contribution in [1.82, 2.24) is 14.7 Å². The third-order valence-corrected chi connectivity index (χ3v) is 4.64. The fourth-order valence-electron chi connectivity index (χ4n) is 3.22. The summed E-state index contributed by atoms with van der Waals surface area (Å²) in [5.74, 6) is 0.658. The van der Waals surface area contributed by atoms with Crippen molar-refractivity contribution in [3.63, 3.8) is 0 Å². The molecule has 0 spiro atoms. The van der Waals surface area contributed by atoms with Crippen molar-refractivity contribution in [3.8, 4) is 0 Å². The molecule has 2 amide bonds. The molecule has 0 saturated carbocycles. The number of carbonyl (C=O) groups is 1. The molecule has 2 atom stereocenters. The average Bonchev–Trinajstić information content (AvgIpc) is 2.65. The number of rotatable bonds is 4. The fourth-order valence-corrected chi connectivity index (χ4v) is 3.22. The van der Waals surface area contributed by atoms with Crippen LogP contribution in [0.2, 0.25) is 0 Å². The Kier molecular flexibility index (Phi) is 4.68. The van der Waals surface area contributed by atoms with Gasteiger partial charge in [-0.25, -0.2) is 4.79 Å². The topological polar surface area (TPSA) is 52.8 Å². The van der Waals surface area contributed by atoms with Crippen molar-refractivity contribution in [2.24, 2.45) is 11.7 Å². The maximum Gasteiger partial charge on any atom is 0.320 e. The zero-order valence-electron chi connectivity index (χ0n) is 12.5. The zero-order chi connectivity index (χ0) is 14.0. The number of likely N-dealkylation sites (tertiary alicyclic amines) is 1. The van der Waals surface area contributed by atoms with Crippen LogP contribution >= 0.6 is 0 Å². The molecule has 0 aromatic carbocycles. The first-order valence-electron chi connectivity index (χ1n) is 7.45. The van der Waals surface area contributed by atoms with Crippen LogP contribution in [0.15, 0.2) is 0 Å². The van der Waals surface area contributed by atoms with Crippen LogP contribution in [-0.2, 0) is 0 Å². The Bertz CT molecular complexity index is 313. The fraction of sp³-hybridized carbons (Fsp3) is 0.929. The van der Waals surface area contributed by atoms with E-state index in [0.29, 0.717) is 12.0 Å². The molecule has 2 aliphatic rings. The quantitative estimate of drug-likeness (QED) is 0.820. The Hall–Kier alpha value is -0.810. The summed E-state index contributed by atoms with van der Waals surface area (Å²) < 4.78 is 0. The standard InChI is InChI=1S/C14H28N4O/c1-11(15)4-9-18-10-13(17(3)14(18)19)12-5-7-16(2)8-6-12/h11-13H,4-10,15H2,1-3H3. The monoisotopic (exact) mass is 268 g/mol. The minimum absolute atomic E-state index is 0.167. The number of hydrogen-bond acceptors (Lipinski definition) is 3. The van der Waals surface area contributed by atoms with Crippen LogP contribution in [0.25, 0.3) is 0 Å². The molecule has 0 radical (unpaired) electrons. The molecule has 2 aliphatic heterocycles. The number of urea groups is 1. The van der Waals surface area contributed by atoms with Gasteiger partial charge in [0.05, 0.1) is 6.04 Å². The highest BCUT2D eigenvalue weighted by atomic mass is 16.2. The van der Waals surface area contributed by atoms with E-state index in [9.17, 15) is 4.79 Å². The summed E-state index contributed by atoms with van der Waals surface area (Å²) in [4.78, 5) is 18.5. The van der Waals surface area contributed by atoms with Crippen LogP contribution in [-0.4, -0.2) is 73.1 Å². The molecule has 110 valence electrons. The Morgan fingerprint density at radius 1 is 1.32 bits per heavy atom. The molecule has 2 rings (SSSR count). The third-order valence-electron chi connectivity index (χ3n) is 4.64. The van der Waals surface area contributed by atoms with Crippen LogP contribution in [0.1, 0.15) is 26.2 Å². The molecule has 2 fully saturated rings. The van der Waals surface area contributed by atoms with Crippen molar-refractivity contribution in [1.29, 1.82) is 0 Å². The van der Waals surface area contributed by atoms with Gasteiger partial charge < -0.3 is 20.4 Å². The lowest BCUT2D eigenvalue weighted by atomic mass is 9.89. The van der Waals surface area contributed by atoms with Gasteiger partial charge in [-0.05, 0) is 52.2 Å². The van der Waals surface area contributed by atoms with Crippen molar-refractivity contribution in [2.45, 2.75) is 38.3 Å². The van der Waals surface area contributed by atoms with Gasteiger partial charge in [-0.15, -0.1) is 0 Å². The van der Waals surface area contributed by atoms with Crippen LogP contribution in [0.4, 0.5) is 4.79 Å². The first kappa shape index (κ1) is 14.6. The molecule has 0 bridgehead atoms. The number of piperidine rings is 1. The SMILES string of the molecule is CC(N)CCN1CC(C2CCN(C)CC2)N(C)C1=O. The van der Waals surface area contributed by atoms with Crippen LogP contribution in [0.3, 0.4) is 0 Å². The minimum Gasteiger partial charge on any atom is -0.328 e. The van der Waals surface area contributed by atoms with E-state index in [1.807, 2.05) is 23.8 Å². The Balaban J connectivity index is 1.90. The zero-order valence-corrected chi connectivity index (χ0v) is 12.5. The third kappa shape index (κ3) is 3.39. The normalized spacial score (nSPS) is 28.2. The number of nitrogens with zero attached hydrogens (tertiary/aromatic N) is 3. The van der Waals surface area contributed by atoms with Crippen molar-refractivity contribution in [2.75, 3.05) is 40.3 Å². The molecule has 5 heteroatoms. The molecule has 2 heterocycles. The highest BCUT2D eigenvalue weighted by Crippen LogP contribution is 2.28. The van der Waals surface area contributed by atoms with E-state index in [0.717, 1.165) is 32.6 Å². The van der Waals surface area contributed by atoms with Crippen molar-refractivity contribution < 1.29 is 4.79 Å². The van der Waals surface area contributed by atoms with Gasteiger partial charge in [-0.3, -0.25) is 0 Å². The lowest BCUT2D eigenvalue weighted by molar-refractivity contribution is 0.150. The molecule has 0 aromatic rings. The van der Waals surface area contributed by atoms with Gasteiger partial charge >= 0.3 is 6.03 Å². The molecular formula is C14H28N4O. The molecule has 19 heavy (non-hydrogen) atoms. The molecule has 2 N–H and O–H groups in total. The summed E-state index contributed by atoms with van der Waals surface area (Å²) in [7, 11) is 4.13. The number of hydrogen-bond donors (Lipinski definition) is 1. The summed E-state index contributed by atoms with van der Waals surface area (Å²) in [5.41, 5.74) is 5.79. The minimum atomic E-state index is 0.167. The summed E-state index contributed by atoms with van der Waals surface area (Å²) in [5, 5.41) is 0. The highest BCUT2D eigenvalue weighted by Gasteiger charge is 2.39. The van der Waals surface area contributed by atoms with Gasteiger partial charge in [-0.1, -0.05) is 0 Å². The number of amides is 2. The number of nitrogens with two attached hydrogens (primary N) is 1. The molecule has 2 saturated heterocycles. The van der Waals surface area contributed by atoms with Gasteiger partial charge in [0, 0.05) is 26.2 Å². The van der Waals surface area contributed by atoms with Gasteiger partial charge in [-0.2, -0.15) is 0 Å². The molecule has 2 unspecified atom stereocenters. The predicted molar refractivity (Wildman–Crippen MR) is 77.0 cm³/mol. The van der Waals surface area contributed by atoms with Crippen molar-refractivity contribution >= 4 is 6.03 Å². The Morgan fingerprint density at radius 2 is 1.95 bits per heavy atom. The van der Waals surface area contributed by atoms with E-state index >= 15 is 0 Å². The Labute approximate surface area is 116 Å². The van der Waals surface area contributed by atoms with E-state index in [-0.39, 0.29) is 12.1 Å². The molecule has 0 aliphatic carbocycles. The lowest BCUT2D eigenvalue weighted by Gasteiger charge is -2.34. The molecule has 0 aromatic heterocycles. The van der Waals surface area contributed by atoms with E-state index in [1.165, 1.54) is 12.8 Å². The smallest absolute Gasteiger partial charge is 0.320 e. The summed E-state index contributed by atoms with van der Waals surface area (Å²) >= 11 is 0. The van der Waals surface area contributed by atoms with Crippen LogP contribution in [0.5, 0.6) is 0 Å². The van der Waals surface area contributed by atoms with Gasteiger partial charge in [0.1, 0.15) is 0 Å². The average molecular weight is 268 g/mol. The second kappa shape index (κ2) is 6.09. The van der Waals surface area contributed by atoms with Gasteiger partial charge in [0.25, 0.3) is 0 Å². The largest absolute Gasteiger partial charge is 0.328 e. The summed E-state index contributed by atoms with van der Waals surface area (Å²) in [6, 6.07) is 0.749. The first-order chi connectivity index (χ1) is 8.99. The molecular weight excluding hydrogens is 240 g/mol. The van der Waals surface area contributed by atoms with E-state index in [4.69, 9.17) is 5.73 Å². The lowest BCUT2D eigenvalue weighted by Crippen LogP contribution is -2.42. The predicted octanol–water partition coefficient (Wildman–Crippen LogP) is 0.802. The maximum absolute atomic E-state index is 12.2. The van der Waals surface area contributed by atoms with Crippen LogP contribution < -0.4 is 5.73 Å². The maximum atomic E-state index is 12.2. The first-order valence-corrected chi connectivity index (χ1v) is 7.45.